The van der Waals surface area contributed by atoms with E-state index < -0.39 is 6.04 Å². The molecule has 4 aromatic rings. The van der Waals surface area contributed by atoms with Crippen molar-refractivity contribution in [3.8, 4) is 11.5 Å². The summed E-state index contributed by atoms with van der Waals surface area (Å²) in [5, 5.41) is 12.5. The van der Waals surface area contributed by atoms with Gasteiger partial charge in [0.2, 0.25) is 11.1 Å². The van der Waals surface area contributed by atoms with Crippen LogP contribution in [0.15, 0.2) is 81.6 Å². The van der Waals surface area contributed by atoms with Crippen molar-refractivity contribution in [3.05, 3.63) is 98.1 Å². The first-order valence-corrected chi connectivity index (χ1v) is 16.1. The Morgan fingerprint density at radius 2 is 1.98 bits per heavy atom. The number of ether oxygens (including phenoxy) is 2. The molecule has 1 aliphatic rings. The Morgan fingerprint density at radius 1 is 1.16 bits per heavy atom. The van der Waals surface area contributed by atoms with Gasteiger partial charge in [0.1, 0.15) is 6.04 Å². The average molecular weight is 683 g/mol. The SMILES string of the molecule is CCCCOc1c(Br)cc(C2C(C(=O)Nc3cccc(C)c3)=C(C)Nc3nc(SCc4ccccc4Cl)nn32)cc1OC. The van der Waals surface area contributed by atoms with Gasteiger partial charge in [-0.3, -0.25) is 4.79 Å². The van der Waals surface area contributed by atoms with Crippen LogP contribution in [-0.4, -0.2) is 34.4 Å². The maximum Gasteiger partial charge on any atom is 0.255 e. The van der Waals surface area contributed by atoms with Crippen LogP contribution in [-0.2, 0) is 10.5 Å². The number of allylic oxidation sites excluding steroid dienone is 1. The second-order valence-corrected chi connectivity index (χ2v) is 12.4. The number of carbonyl (C=O) groups is 1. The number of benzene rings is 3. The zero-order valence-electron chi connectivity index (χ0n) is 24.4. The molecule has 0 saturated carbocycles. The largest absolute Gasteiger partial charge is 0.493 e. The van der Waals surface area contributed by atoms with E-state index >= 15 is 0 Å². The monoisotopic (exact) mass is 681 g/mol. The van der Waals surface area contributed by atoms with Crippen molar-refractivity contribution in [2.75, 3.05) is 24.4 Å². The number of amides is 1. The Hall–Kier alpha value is -3.47. The van der Waals surface area contributed by atoms with E-state index in [-0.39, 0.29) is 5.91 Å². The molecule has 2 N–H and O–H groups in total. The summed E-state index contributed by atoms with van der Waals surface area (Å²) < 4.78 is 14.3. The molecule has 1 amide bonds. The number of rotatable bonds is 11. The second-order valence-electron chi connectivity index (χ2n) is 10.2. The number of methoxy groups -OCH3 is 1. The molecule has 8 nitrogen and oxygen atoms in total. The minimum absolute atomic E-state index is 0.245. The number of aromatic nitrogens is 3. The molecule has 0 saturated heterocycles. The molecule has 0 fully saturated rings. The van der Waals surface area contributed by atoms with Crippen LogP contribution in [0.3, 0.4) is 0 Å². The quantitative estimate of drug-likeness (QED) is 0.121. The first kappa shape index (κ1) is 31.0. The van der Waals surface area contributed by atoms with Crippen LogP contribution in [0.5, 0.6) is 11.5 Å². The molecular formula is C32H33BrClN5O3S. The number of carbonyl (C=O) groups excluding carboxylic acids is 1. The Kier molecular flexibility index (Phi) is 10.00. The van der Waals surface area contributed by atoms with Gasteiger partial charge in [-0.1, -0.05) is 67.0 Å². The van der Waals surface area contributed by atoms with E-state index in [1.807, 2.05) is 74.5 Å². The van der Waals surface area contributed by atoms with Crippen molar-refractivity contribution >= 4 is 56.8 Å². The topological polar surface area (TPSA) is 90.3 Å². The Bertz CT molecular complexity index is 1670. The number of halogens is 2. The predicted molar refractivity (Wildman–Crippen MR) is 176 cm³/mol. The zero-order chi connectivity index (χ0) is 30.5. The maximum absolute atomic E-state index is 14.0. The van der Waals surface area contributed by atoms with E-state index in [0.717, 1.165) is 34.0 Å². The van der Waals surface area contributed by atoms with E-state index in [4.69, 9.17) is 31.2 Å². The number of hydrogen-bond donors (Lipinski definition) is 2. The van der Waals surface area contributed by atoms with Gasteiger partial charge >= 0.3 is 0 Å². The molecule has 1 aromatic heterocycles. The van der Waals surface area contributed by atoms with Crippen LogP contribution in [0.1, 0.15) is 49.4 Å². The number of nitrogens with one attached hydrogen (secondary N) is 2. The van der Waals surface area contributed by atoms with E-state index in [0.29, 0.717) is 56.9 Å². The van der Waals surface area contributed by atoms with Crippen LogP contribution >= 0.6 is 39.3 Å². The number of unbranched alkanes of at least 4 members (excludes halogenated alkanes) is 1. The van der Waals surface area contributed by atoms with Crippen LogP contribution in [0.25, 0.3) is 0 Å². The van der Waals surface area contributed by atoms with Crippen LogP contribution < -0.4 is 20.1 Å². The summed E-state index contributed by atoms with van der Waals surface area (Å²) in [5.74, 6) is 2.07. The molecule has 0 spiro atoms. The van der Waals surface area contributed by atoms with Gasteiger partial charge in [-0.05, 0) is 83.2 Å². The van der Waals surface area contributed by atoms with Gasteiger partial charge in [0.05, 0.1) is 23.8 Å². The maximum atomic E-state index is 14.0. The normalized spacial score (nSPS) is 14.2. The lowest BCUT2D eigenvalue weighted by molar-refractivity contribution is -0.113. The fourth-order valence-corrected chi connectivity index (χ4v) is 6.52. The lowest BCUT2D eigenvalue weighted by atomic mass is 9.94. The summed E-state index contributed by atoms with van der Waals surface area (Å²) in [7, 11) is 1.61. The van der Waals surface area contributed by atoms with Crippen LogP contribution in [0.4, 0.5) is 11.6 Å². The molecule has 0 bridgehead atoms. The molecule has 1 atom stereocenters. The van der Waals surface area contributed by atoms with E-state index in [1.54, 1.807) is 11.8 Å². The van der Waals surface area contributed by atoms with Gasteiger partial charge in [-0.2, -0.15) is 4.98 Å². The molecule has 5 rings (SSSR count). The van der Waals surface area contributed by atoms with Crippen molar-refractivity contribution in [1.29, 1.82) is 0 Å². The summed E-state index contributed by atoms with van der Waals surface area (Å²) in [6.45, 7) is 6.55. The molecule has 0 radical (unpaired) electrons. The van der Waals surface area contributed by atoms with Gasteiger partial charge in [-0.15, -0.1) is 5.10 Å². The summed E-state index contributed by atoms with van der Waals surface area (Å²) in [4.78, 5) is 18.7. The highest BCUT2D eigenvalue weighted by Crippen LogP contribution is 2.43. The molecule has 0 aliphatic carbocycles. The highest BCUT2D eigenvalue weighted by Gasteiger charge is 2.35. The number of thioether (sulfide) groups is 1. The van der Waals surface area contributed by atoms with E-state index in [1.165, 1.54) is 11.8 Å². The standard InChI is InChI=1S/C32H33BrClN5O3S/c1-5-6-14-42-29-24(33)16-22(17-26(29)41-4)28-27(30(40)36-23-12-9-10-19(2)15-23)20(3)35-31-37-32(38-39(28)31)43-18-21-11-7-8-13-25(21)34/h7-13,15-17,28H,5-6,14,18H2,1-4H3,(H,36,40)(H,35,37,38). The summed E-state index contributed by atoms with van der Waals surface area (Å²) in [6.07, 6.45) is 1.94. The molecule has 43 heavy (non-hydrogen) atoms. The minimum atomic E-state index is -0.599. The van der Waals surface area contributed by atoms with Crippen molar-refractivity contribution in [1.82, 2.24) is 14.8 Å². The highest BCUT2D eigenvalue weighted by molar-refractivity contribution is 9.10. The van der Waals surface area contributed by atoms with E-state index in [2.05, 4.69) is 33.5 Å². The summed E-state index contributed by atoms with van der Waals surface area (Å²) >= 11 is 11.6. The third-order valence-corrected chi connectivity index (χ3v) is 8.82. The first-order valence-electron chi connectivity index (χ1n) is 14.0. The summed E-state index contributed by atoms with van der Waals surface area (Å²) in [6, 6.07) is 18.7. The lowest BCUT2D eigenvalue weighted by Crippen LogP contribution is -2.31. The Morgan fingerprint density at radius 3 is 2.72 bits per heavy atom. The van der Waals surface area contributed by atoms with E-state index in [9.17, 15) is 4.79 Å². The van der Waals surface area contributed by atoms with Crippen molar-refractivity contribution < 1.29 is 14.3 Å². The van der Waals surface area contributed by atoms with Crippen LogP contribution in [0.2, 0.25) is 5.02 Å². The number of nitrogens with zero attached hydrogens (tertiary/aromatic N) is 3. The molecule has 11 heteroatoms. The minimum Gasteiger partial charge on any atom is -0.493 e. The third kappa shape index (κ3) is 7.03. The Balaban J connectivity index is 1.55. The van der Waals surface area contributed by atoms with Gasteiger partial charge in [-0.25, -0.2) is 4.68 Å². The lowest BCUT2D eigenvalue weighted by Gasteiger charge is -2.29. The van der Waals surface area contributed by atoms with Gasteiger partial charge in [0.15, 0.2) is 11.5 Å². The van der Waals surface area contributed by atoms with Gasteiger partial charge in [0, 0.05) is 22.2 Å². The van der Waals surface area contributed by atoms with Gasteiger partial charge in [0.25, 0.3) is 5.91 Å². The number of hydrogen-bond acceptors (Lipinski definition) is 7. The molecule has 3 aromatic carbocycles. The van der Waals surface area contributed by atoms with Crippen molar-refractivity contribution in [3.63, 3.8) is 0 Å². The zero-order valence-corrected chi connectivity index (χ0v) is 27.6. The fourth-order valence-electron chi connectivity index (χ4n) is 4.83. The number of aryl methyl sites for hydroxylation is 1. The number of anilines is 2. The molecule has 224 valence electrons. The predicted octanol–water partition coefficient (Wildman–Crippen LogP) is 8.41. The highest BCUT2D eigenvalue weighted by atomic mass is 79.9. The van der Waals surface area contributed by atoms with Gasteiger partial charge < -0.3 is 20.1 Å². The third-order valence-electron chi connectivity index (χ3n) is 6.98. The Labute approximate surface area is 269 Å². The second kappa shape index (κ2) is 13.9. The smallest absolute Gasteiger partial charge is 0.255 e. The fraction of sp³-hybridized carbons (Fsp3) is 0.281. The van der Waals surface area contributed by atoms with Crippen molar-refractivity contribution in [2.45, 2.75) is 50.6 Å². The molecule has 1 aliphatic heterocycles. The molecule has 2 heterocycles. The molecule has 1 unspecified atom stereocenters. The average Bonchev–Trinajstić information content (AvgIpc) is 3.39. The number of fused-ring (bicyclic) bond motifs is 1. The first-order chi connectivity index (χ1) is 20.8. The summed E-state index contributed by atoms with van der Waals surface area (Å²) in [5.41, 5.74) is 4.73. The van der Waals surface area contributed by atoms with Crippen molar-refractivity contribution in [2.24, 2.45) is 0 Å². The van der Waals surface area contributed by atoms with Crippen LogP contribution in [0, 0.1) is 6.92 Å². The molecular weight excluding hydrogens is 650 g/mol.